The summed E-state index contributed by atoms with van der Waals surface area (Å²) in [5, 5.41) is 3.26. The minimum atomic E-state index is -4.34. The number of alkyl halides is 3. The molecule has 0 aliphatic carbocycles. The van der Waals surface area contributed by atoms with Gasteiger partial charge in [0, 0.05) is 18.8 Å². The van der Waals surface area contributed by atoms with Crippen molar-refractivity contribution < 1.29 is 13.2 Å². The van der Waals surface area contributed by atoms with E-state index in [2.05, 4.69) is 16.4 Å². The summed E-state index contributed by atoms with van der Waals surface area (Å²) in [7, 11) is 0. The van der Waals surface area contributed by atoms with Crippen LogP contribution in [0.1, 0.15) is 35.3 Å². The van der Waals surface area contributed by atoms with Gasteiger partial charge in [-0.2, -0.15) is 13.2 Å². The number of rotatable bonds is 4. The summed E-state index contributed by atoms with van der Waals surface area (Å²) in [6, 6.07) is 10.7. The zero-order chi connectivity index (χ0) is 15.5. The molecule has 2 nitrogen and oxygen atoms in total. The zero-order valence-corrected chi connectivity index (χ0v) is 11.9. The van der Waals surface area contributed by atoms with Crippen LogP contribution in [0, 0.1) is 6.92 Å². The molecule has 112 valence electrons. The van der Waals surface area contributed by atoms with Gasteiger partial charge in [0.15, 0.2) is 0 Å². The van der Waals surface area contributed by atoms with E-state index in [0.29, 0.717) is 12.2 Å². The fraction of sp³-hybridized carbons (Fsp3) is 0.312. The first-order valence-electron chi connectivity index (χ1n) is 6.68. The normalized spacial score (nSPS) is 13.2. The lowest BCUT2D eigenvalue weighted by molar-refractivity contribution is -0.137. The number of aromatic nitrogens is 1. The molecule has 0 amide bonds. The number of pyridine rings is 1. The molecule has 2 rings (SSSR count). The standard InChI is InChI=1S/C16H17F3N2/c1-11-4-3-5-13(8-11)12(2)20-10-15-7-6-14(9-21-15)16(17,18)19/h3-9,12,20H,10H2,1-2H3. The predicted molar refractivity (Wildman–Crippen MR) is 75.7 cm³/mol. The molecule has 0 aliphatic rings. The van der Waals surface area contributed by atoms with Crippen LogP contribution in [0.15, 0.2) is 42.6 Å². The molecule has 1 aromatic carbocycles. The van der Waals surface area contributed by atoms with Crippen LogP contribution in [0.5, 0.6) is 0 Å². The molecule has 1 N–H and O–H groups in total. The topological polar surface area (TPSA) is 24.9 Å². The van der Waals surface area contributed by atoms with Gasteiger partial charge in [-0.05, 0) is 31.5 Å². The van der Waals surface area contributed by atoms with Crippen LogP contribution >= 0.6 is 0 Å². The third-order valence-corrected chi connectivity index (χ3v) is 3.28. The first-order chi connectivity index (χ1) is 9.86. The molecule has 1 atom stereocenters. The number of hydrogen-bond acceptors (Lipinski definition) is 2. The second kappa shape index (κ2) is 6.26. The van der Waals surface area contributed by atoms with Crippen molar-refractivity contribution in [2.45, 2.75) is 32.6 Å². The summed E-state index contributed by atoms with van der Waals surface area (Å²) in [6.45, 7) is 4.46. The largest absolute Gasteiger partial charge is 0.417 e. The fourth-order valence-corrected chi connectivity index (χ4v) is 2.01. The Morgan fingerprint density at radius 2 is 1.95 bits per heavy atom. The van der Waals surface area contributed by atoms with E-state index in [1.165, 1.54) is 11.6 Å². The molecule has 21 heavy (non-hydrogen) atoms. The maximum Gasteiger partial charge on any atom is 0.417 e. The van der Waals surface area contributed by atoms with E-state index in [9.17, 15) is 13.2 Å². The highest BCUT2D eigenvalue weighted by Gasteiger charge is 2.30. The van der Waals surface area contributed by atoms with E-state index in [4.69, 9.17) is 0 Å². The maximum absolute atomic E-state index is 12.4. The van der Waals surface area contributed by atoms with Crippen molar-refractivity contribution >= 4 is 0 Å². The molecule has 0 fully saturated rings. The first-order valence-corrected chi connectivity index (χ1v) is 6.68. The van der Waals surface area contributed by atoms with Gasteiger partial charge in [-0.3, -0.25) is 4.98 Å². The van der Waals surface area contributed by atoms with Gasteiger partial charge >= 0.3 is 6.18 Å². The molecular weight excluding hydrogens is 277 g/mol. The van der Waals surface area contributed by atoms with Gasteiger partial charge in [-0.25, -0.2) is 0 Å². The third-order valence-electron chi connectivity index (χ3n) is 3.28. The van der Waals surface area contributed by atoms with Crippen molar-refractivity contribution in [3.63, 3.8) is 0 Å². The Hall–Kier alpha value is -1.88. The molecule has 2 aromatic rings. The van der Waals surface area contributed by atoms with E-state index >= 15 is 0 Å². The second-order valence-corrected chi connectivity index (χ2v) is 5.05. The second-order valence-electron chi connectivity index (χ2n) is 5.05. The highest BCUT2D eigenvalue weighted by molar-refractivity contribution is 5.25. The maximum atomic E-state index is 12.4. The van der Waals surface area contributed by atoms with Gasteiger partial charge in [0.25, 0.3) is 0 Å². The smallest absolute Gasteiger partial charge is 0.305 e. The Kier molecular flexibility index (Phi) is 4.63. The summed E-state index contributed by atoms with van der Waals surface area (Å²) in [5.41, 5.74) is 2.18. The summed E-state index contributed by atoms with van der Waals surface area (Å²) in [5.74, 6) is 0. The van der Waals surface area contributed by atoms with Crippen LogP contribution in [0.25, 0.3) is 0 Å². The lowest BCUT2D eigenvalue weighted by atomic mass is 10.1. The molecule has 0 radical (unpaired) electrons. The average molecular weight is 294 g/mol. The van der Waals surface area contributed by atoms with Gasteiger partial charge in [0.1, 0.15) is 0 Å². The van der Waals surface area contributed by atoms with Gasteiger partial charge in [-0.1, -0.05) is 29.8 Å². The van der Waals surface area contributed by atoms with Crippen molar-refractivity contribution in [2.24, 2.45) is 0 Å². The molecular formula is C16H17F3N2. The van der Waals surface area contributed by atoms with Gasteiger partial charge in [-0.15, -0.1) is 0 Å². The van der Waals surface area contributed by atoms with Crippen molar-refractivity contribution in [3.05, 3.63) is 65.0 Å². The summed E-state index contributed by atoms with van der Waals surface area (Å²) >= 11 is 0. The van der Waals surface area contributed by atoms with E-state index < -0.39 is 11.7 Å². The number of nitrogens with zero attached hydrogens (tertiary/aromatic N) is 1. The first kappa shape index (κ1) is 15.5. The summed E-state index contributed by atoms with van der Waals surface area (Å²) < 4.78 is 37.3. The molecule has 0 saturated heterocycles. The van der Waals surface area contributed by atoms with Crippen LogP contribution < -0.4 is 5.32 Å². The minimum Gasteiger partial charge on any atom is -0.305 e. The van der Waals surface area contributed by atoms with E-state index in [1.807, 2.05) is 32.0 Å². The predicted octanol–water partition coefficient (Wildman–Crippen LogP) is 4.26. The van der Waals surface area contributed by atoms with Crippen LogP contribution in [0.3, 0.4) is 0 Å². The Morgan fingerprint density at radius 1 is 1.19 bits per heavy atom. The molecule has 0 aliphatic heterocycles. The van der Waals surface area contributed by atoms with Crippen LogP contribution in [-0.4, -0.2) is 4.98 Å². The fourth-order valence-electron chi connectivity index (χ4n) is 2.01. The molecule has 0 saturated carbocycles. The average Bonchev–Trinajstić information content (AvgIpc) is 2.44. The van der Waals surface area contributed by atoms with Crippen LogP contribution in [0.2, 0.25) is 0 Å². The highest BCUT2D eigenvalue weighted by atomic mass is 19.4. The van der Waals surface area contributed by atoms with Crippen LogP contribution in [-0.2, 0) is 12.7 Å². The lowest BCUT2D eigenvalue weighted by Gasteiger charge is -2.15. The molecule has 0 bridgehead atoms. The van der Waals surface area contributed by atoms with E-state index in [0.717, 1.165) is 17.8 Å². The van der Waals surface area contributed by atoms with Crippen molar-refractivity contribution in [1.82, 2.24) is 10.3 Å². The zero-order valence-electron chi connectivity index (χ0n) is 11.9. The third kappa shape index (κ3) is 4.29. The number of benzene rings is 1. The lowest BCUT2D eigenvalue weighted by Crippen LogP contribution is -2.19. The summed E-state index contributed by atoms with van der Waals surface area (Å²) in [4.78, 5) is 3.85. The van der Waals surface area contributed by atoms with Gasteiger partial charge < -0.3 is 5.32 Å². The van der Waals surface area contributed by atoms with Crippen molar-refractivity contribution in [1.29, 1.82) is 0 Å². The molecule has 1 heterocycles. The number of aryl methyl sites for hydroxylation is 1. The van der Waals surface area contributed by atoms with E-state index in [1.54, 1.807) is 0 Å². The summed E-state index contributed by atoms with van der Waals surface area (Å²) in [6.07, 6.45) is -3.47. The quantitative estimate of drug-likeness (QED) is 0.911. The Morgan fingerprint density at radius 3 is 2.52 bits per heavy atom. The minimum absolute atomic E-state index is 0.106. The molecule has 1 unspecified atom stereocenters. The molecule has 5 heteroatoms. The number of halogens is 3. The molecule has 1 aromatic heterocycles. The van der Waals surface area contributed by atoms with Gasteiger partial charge in [0.05, 0.1) is 11.3 Å². The molecule has 0 spiro atoms. The number of hydrogen-bond donors (Lipinski definition) is 1. The number of nitrogens with one attached hydrogen (secondary N) is 1. The van der Waals surface area contributed by atoms with Crippen molar-refractivity contribution in [2.75, 3.05) is 0 Å². The van der Waals surface area contributed by atoms with Crippen molar-refractivity contribution in [3.8, 4) is 0 Å². The Labute approximate surface area is 122 Å². The van der Waals surface area contributed by atoms with Crippen LogP contribution in [0.4, 0.5) is 13.2 Å². The monoisotopic (exact) mass is 294 g/mol. The SMILES string of the molecule is Cc1cccc(C(C)NCc2ccc(C(F)(F)F)cn2)c1. The Balaban J connectivity index is 1.97. The highest BCUT2D eigenvalue weighted by Crippen LogP contribution is 2.28. The Bertz CT molecular complexity index is 591. The van der Waals surface area contributed by atoms with Gasteiger partial charge in [0.2, 0.25) is 0 Å². The van der Waals surface area contributed by atoms with E-state index in [-0.39, 0.29) is 6.04 Å².